The van der Waals surface area contributed by atoms with Gasteiger partial charge in [-0.2, -0.15) is 0 Å². The Morgan fingerprint density at radius 3 is 2.06 bits per heavy atom. The first-order chi connectivity index (χ1) is 6.63. The van der Waals surface area contributed by atoms with Crippen molar-refractivity contribution in [2.75, 3.05) is 39.3 Å². The van der Waals surface area contributed by atoms with Crippen LogP contribution in [0.5, 0.6) is 0 Å². The van der Waals surface area contributed by atoms with E-state index in [9.17, 15) is 14.7 Å². The van der Waals surface area contributed by atoms with Gasteiger partial charge < -0.3 is 17.4 Å². The Morgan fingerprint density at radius 2 is 1.69 bits per heavy atom. The van der Waals surface area contributed by atoms with E-state index in [2.05, 4.69) is 0 Å². The van der Waals surface area contributed by atoms with Gasteiger partial charge in [0.2, 0.25) is 5.91 Å². The second-order valence-electron chi connectivity index (χ2n) is 3.50. The van der Waals surface area contributed by atoms with Crippen molar-refractivity contribution in [3.8, 4) is 0 Å². The standard InChI is InChI=1S/C9H15N2O3.CH3.K/c1-8(13)6-10-2-4-11(5-3-10)9(14)7-12;;/h2-7H2,1H3;1H3;/q2*-1;+1. The van der Waals surface area contributed by atoms with E-state index in [1.807, 2.05) is 4.90 Å². The van der Waals surface area contributed by atoms with Gasteiger partial charge in [-0.15, -0.1) is 0 Å². The van der Waals surface area contributed by atoms with Gasteiger partial charge in [0.1, 0.15) is 5.78 Å². The Morgan fingerprint density at radius 1 is 1.19 bits per heavy atom. The van der Waals surface area contributed by atoms with E-state index in [4.69, 9.17) is 0 Å². The zero-order chi connectivity index (χ0) is 10.6. The number of nitrogens with zero attached hydrogens (tertiary/aromatic N) is 2. The third-order valence-corrected chi connectivity index (χ3v) is 2.29. The number of Topliss-reactive ketones (excluding diaryl/α,β-unsaturated/α-hetero) is 1. The third-order valence-electron chi connectivity index (χ3n) is 2.29. The molecule has 16 heavy (non-hydrogen) atoms. The van der Waals surface area contributed by atoms with Crippen molar-refractivity contribution in [2.24, 2.45) is 0 Å². The molecular formula is C10H18KN2O3-. The van der Waals surface area contributed by atoms with Crippen LogP contribution in [0.1, 0.15) is 6.92 Å². The summed E-state index contributed by atoms with van der Waals surface area (Å²) in [6.07, 6.45) is 0. The van der Waals surface area contributed by atoms with Crippen LogP contribution in [-0.4, -0.2) is 60.8 Å². The summed E-state index contributed by atoms with van der Waals surface area (Å²) in [5.41, 5.74) is 0. The molecule has 5 nitrogen and oxygen atoms in total. The molecule has 1 saturated heterocycles. The number of piperazine rings is 1. The van der Waals surface area contributed by atoms with Gasteiger partial charge in [0, 0.05) is 26.2 Å². The van der Waals surface area contributed by atoms with Crippen LogP contribution in [0.15, 0.2) is 0 Å². The molecular weight excluding hydrogens is 235 g/mol. The molecule has 0 bridgehead atoms. The fourth-order valence-corrected chi connectivity index (χ4v) is 1.56. The summed E-state index contributed by atoms with van der Waals surface area (Å²) in [5.74, 6) is -0.207. The van der Waals surface area contributed by atoms with Crippen LogP contribution in [0, 0.1) is 7.43 Å². The van der Waals surface area contributed by atoms with E-state index >= 15 is 0 Å². The van der Waals surface area contributed by atoms with E-state index in [-0.39, 0.29) is 70.5 Å². The van der Waals surface area contributed by atoms with Crippen LogP contribution in [0.25, 0.3) is 0 Å². The Hall–Kier alpha value is 0.696. The zero-order valence-electron chi connectivity index (χ0n) is 10.4. The SMILES string of the molecule is CC(=O)CN1CCN(C(=O)C[O-])CC1.[CH3-].[K+]. The molecule has 0 aliphatic carbocycles. The molecule has 0 radical (unpaired) electrons. The first kappa shape index (κ1) is 19.0. The van der Waals surface area contributed by atoms with Crippen molar-refractivity contribution in [3.05, 3.63) is 7.43 Å². The van der Waals surface area contributed by atoms with Crippen LogP contribution in [-0.2, 0) is 9.59 Å². The van der Waals surface area contributed by atoms with Crippen LogP contribution < -0.4 is 56.5 Å². The quantitative estimate of drug-likeness (QED) is 0.376. The minimum atomic E-state index is -0.674. The van der Waals surface area contributed by atoms with Crippen molar-refractivity contribution in [3.63, 3.8) is 0 Å². The van der Waals surface area contributed by atoms with Gasteiger partial charge in [-0.3, -0.25) is 14.5 Å². The summed E-state index contributed by atoms with van der Waals surface area (Å²) in [6.45, 7) is 3.82. The van der Waals surface area contributed by atoms with Gasteiger partial charge >= 0.3 is 51.4 Å². The van der Waals surface area contributed by atoms with Gasteiger partial charge in [0.15, 0.2) is 0 Å². The summed E-state index contributed by atoms with van der Waals surface area (Å²) >= 11 is 0. The second kappa shape index (κ2) is 9.70. The van der Waals surface area contributed by atoms with E-state index in [0.29, 0.717) is 32.7 Å². The molecule has 0 atom stereocenters. The third kappa shape index (κ3) is 6.44. The number of carbonyl (C=O) groups excluding carboxylic acids is 2. The Labute approximate surface area is 140 Å². The minimum absolute atomic E-state index is 0. The van der Waals surface area contributed by atoms with E-state index in [1.165, 1.54) is 0 Å². The molecule has 1 fully saturated rings. The fourth-order valence-electron chi connectivity index (χ4n) is 1.56. The van der Waals surface area contributed by atoms with Crippen molar-refractivity contribution < 1.29 is 66.1 Å². The second-order valence-corrected chi connectivity index (χ2v) is 3.50. The van der Waals surface area contributed by atoms with Gasteiger partial charge in [-0.25, -0.2) is 0 Å². The number of hydrogen-bond acceptors (Lipinski definition) is 4. The van der Waals surface area contributed by atoms with E-state index in [0.717, 1.165) is 0 Å². The molecule has 0 saturated carbocycles. The van der Waals surface area contributed by atoms with Gasteiger partial charge in [-0.1, -0.05) is 6.61 Å². The summed E-state index contributed by atoms with van der Waals surface area (Å²) in [7, 11) is 0. The summed E-state index contributed by atoms with van der Waals surface area (Å²) in [6, 6.07) is 0. The Balaban J connectivity index is 0. The number of amides is 1. The first-order valence-corrected chi connectivity index (χ1v) is 4.71. The predicted octanol–water partition coefficient (Wildman–Crippen LogP) is -4.47. The summed E-state index contributed by atoms with van der Waals surface area (Å²) in [4.78, 5) is 25.4. The average molecular weight is 253 g/mol. The molecule has 0 N–H and O–H groups in total. The number of carbonyl (C=O) groups is 2. The number of hydrogen-bond donors (Lipinski definition) is 0. The van der Waals surface area contributed by atoms with Crippen LogP contribution in [0.4, 0.5) is 0 Å². The predicted molar refractivity (Wildman–Crippen MR) is 55.0 cm³/mol. The molecule has 1 aliphatic rings. The first-order valence-electron chi connectivity index (χ1n) is 4.71. The molecule has 0 spiro atoms. The van der Waals surface area contributed by atoms with Crippen LogP contribution in [0.2, 0.25) is 0 Å². The molecule has 1 rings (SSSR count). The van der Waals surface area contributed by atoms with E-state index < -0.39 is 6.61 Å². The maximum atomic E-state index is 11.0. The van der Waals surface area contributed by atoms with Crippen molar-refractivity contribution in [2.45, 2.75) is 6.92 Å². The average Bonchev–Trinajstić information content (AvgIpc) is 2.17. The smallest absolute Gasteiger partial charge is 0.848 e. The molecule has 0 aromatic rings. The van der Waals surface area contributed by atoms with Crippen molar-refractivity contribution in [1.29, 1.82) is 0 Å². The maximum Gasteiger partial charge on any atom is 1.00 e. The topological polar surface area (TPSA) is 63.7 Å². The fraction of sp³-hybridized carbons (Fsp3) is 0.700. The van der Waals surface area contributed by atoms with Crippen molar-refractivity contribution >= 4 is 11.7 Å². The normalized spacial score (nSPS) is 16.0. The molecule has 88 valence electrons. The monoisotopic (exact) mass is 253 g/mol. The zero-order valence-corrected chi connectivity index (χ0v) is 13.5. The van der Waals surface area contributed by atoms with E-state index in [1.54, 1.807) is 11.8 Å². The van der Waals surface area contributed by atoms with Gasteiger partial charge in [0.25, 0.3) is 0 Å². The molecule has 1 aliphatic heterocycles. The molecule has 0 aromatic carbocycles. The Kier molecular flexibility index (Phi) is 11.5. The molecule has 1 heterocycles. The van der Waals surface area contributed by atoms with Gasteiger partial charge in [-0.05, 0) is 6.92 Å². The van der Waals surface area contributed by atoms with Crippen LogP contribution in [0.3, 0.4) is 0 Å². The van der Waals surface area contributed by atoms with Crippen molar-refractivity contribution in [1.82, 2.24) is 9.80 Å². The summed E-state index contributed by atoms with van der Waals surface area (Å²) < 4.78 is 0. The number of ketones is 1. The molecule has 0 aromatic heterocycles. The maximum absolute atomic E-state index is 11.0. The molecule has 1 amide bonds. The summed E-state index contributed by atoms with van der Waals surface area (Å²) in [5, 5.41) is 10.3. The van der Waals surface area contributed by atoms with Gasteiger partial charge in [0.05, 0.1) is 6.54 Å². The number of rotatable bonds is 3. The Bertz CT molecular complexity index is 228. The minimum Gasteiger partial charge on any atom is -0.848 e. The largest absolute Gasteiger partial charge is 1.00 e. The molecule has 0 unspecified atom stereocenters. The molecule has 6 heteroatoms. The van der Waals surface area contributed by atoms with Crippen LogP contribution >= 0.6 is 0 Å².